The Morgan fingerprint density at radius 2 is 2.29 bits per heavy atom. The number of phenolic OH excluding ortho intramolecular Hbond substituents is 1. The molecule has 0 aliphatic heterocycles. The van der Waals surface area contributed by atoms with Crippen molar-refractivity contribution in [3.05, 3.63) is 36.2 Å². The minimum Gasteiger partial charge on any atom is -0.508 e. The molecule has 17 heavy (non-hydrogen) atoms. The molecule has 0 amide bonds. The molecule has 0 aliphatic rings. The van der Waals surface area contributed by atoms with Crippen LogP contribution < -0.4 is 5.32 Å². The summed E-state index contributed by atoms with van der Waals surface area (Å²) in [5.41, 5.74) is 1.83. The Bertz CT molecular complexity index is 495. The minimum atomic E-state index is 0.227. The second-order valence-corrected chi connectivity index (χ2v) is 4.05. The van der Waals surface area contributed by atoms with Gasteiger partial charge in [-0.3, -0.25) is 0 Å². The summed E-state index contributed by atoms with van der Waals surface area (Å²) in [4.78, 5) is 0. The second-order valence-electron chi connectivity index (χ2n) is 4.05. The highest BCUT2D eigenvalue weighted by atomic mass is 16.3. The lowest BCUT2D eigenvalue weighted by atomic mass is 10.2. The Kier molecular flexibility index (Phi) is 3.39. The van der Waals surface area contributed by atoms with E-state index in [4.69, 9.17) is 0 Å². The maximum Gasteiger partial charge on any atom is 0.117 e. The smallest absolute Gasteiger partial charge is 0.117 e. The quantitative estimate of drug-likeness (QED) is 0.829. The van der Waals surface area contributed by atoms with E-state index in [0.717, 1.165) is 17.8 Å². The number of rotatable bonds is 4. The third-order valence-electron chi connectivity index (χ3n) is 2.70. The molecule has 1 heterocycles. The van der Waals surface area contributed by atoms with Gasteiger partial charge in [0, 0.05) is 18.5 Å². The van der Waals surface area contributed by atoms with Gasteiger partial charge in [-0.25, -0.2) is 4.68 Å². The molecule has 1 aromatic carbocycles. The zero-order valence-electron chi connectivity index (χ0n) is 9.96. The number of benzene rings is 1. The molecule has 0 saturated carbocycles. The van der Waals surface area contributed by atoms with Crippen molar-refractivity contribution in [2.24, 2.45) is 0 Å². The lowest BCUT2D eigenvalue weighted by Gasteiger charge is -2.11. The van der Waals surface area contributed by atoms with Crippen molar-refractivity contribution >= 4 is 0 Å². The van der Waals surface area contributed by atoms with Gasteiger partial charge < -0.3 is 10.4 Å². The molecule has 5 heteroatoms. The van der Waals surface area contributed by atoms with Crippen LogP contribution in [0, 0.1) is 0 Å². The van der Waals surface area contributed by atoms with Gasteiger partial charge in [0.25, 0.3) is 0 Å². The average molecular weight is 232 g/mol. The molecular formula is C12H16N4O. The minimum absolute atomic E-state index is 0.227. The third kappa shape index (κ3) is 2.62. The normalized spacial score (nSPS) is 12.6. The zero-order valence-corrected chi connectivity index (χ0v) is 9.96. The molecule has 0 spiro atoms. The van der Waals surface area contributed by atoms with Crippen LogP contribution in [-0.4, -0.2) is 33.2 Å². The van der Waals surface area contributed by atoms with E-state index < -0.39 is 0 Å². The Labute approximate surface area is 100 Å². The molecule has 2 rings (SSSR count). The molecule has 0 aliphatic carbocycles. The van der Waals surface area contributed by atoms with E-state index in [2.05, 4.69) is 22.6 Å². The standard InChI is InChI=1S/C12H16N4O/c1-9(13-2)6-11-8-14-15-16(11)10-4-3-5-12(17)7-10/h3-5,7-9,13,17H,6H2,1-2H3. The van der Waals surface area contributed by atoms with Gasteiger partial charge in [-0.05, 0) is 26.1 Å². The first kappa shape index (κ1) is 11.6. The van der Waals surface area contributed by atoms with Crippen LogP contribution in [0.3, 0.4) is 0 Å². The summed E-state index contributed by atoms with van der Waals surface area (Å²) in [6.07, 6.45) is 2.58. The van der Waals surface area contributed by atoms with Gasteiger partial charge >= 0.3 is 0 Å². The highest BCUT2D eigenvalue weighted by Crippen LogP contribution is 2.16. The lowest BCUT2D eigenvalue weighted by molar-refractivity contribution is 0.474. The highest BCUT2D eigenvalue weighted by molar-refractivity contribution is 5.38. The van der Waals surface area contributed by atoms with Crippen LogP contribution in [0.15, 0.2) is 30.5 Å². The van der Waals surface area contributed by atoms with Crippen molar-refractivity contribution < 1.29 is 5.11 Å². The maximum absolute atomic E-state index is 9.46. The van der Waals surface area contributed by atoms with Gasteiger partial charge in [-0.1, -0.05) is 11.3 Å². The SMILES string of the molecule is CNC(C)Cc1cnnn1-c1cccc(O)c1. The molecule has 90 valence electrons. The molecule has 1 unspecified atom stereocenters. The first-order chi connectivity index (χ1) is 8.20. The second kappa shape index (κ2) is 4.97. The van der Waals surface area contributed by atoms with Crippen molar-refractivity contribution in [3.8, 4) is 11.4 Å². The number of likely N-dealkylation sites (N-methyl/N-ethyl adjacent to an activating group) is 1. The largest absolute Gasteiger partial charge is 0.508 e. The van der Waals surface area contributed by atoms with E-state index in [1.54, 1.807) is 29.1 Å². The van der Waals surface area contributed by atoms with Crippen LogP contribution in [0.4, 0.5) is 0 Å². The molecule has 1 atom stereocenters. The fourth-order valence-corrected chi connectivity index (χ4v) is 1.65. The van der Waals surface area contributed by atoms with Crippen LogP contribution in [0.2, 0.25) is 0 Å². The first-order valence-corrected chi connectivity index (χ1v) is 5.57. The van der Waals surface area contributed by atoms with Crippen molar-refractivity contribution in [1.82, 2.24) is 20.3 Å². The molecule has 0 saturated heterocycles. The van der Waals surface area contributed by atoms with E-state index >= 15 is 0 Å². The summed E-state index contributed by atoms with van der Waals surface area (Å²) in [5, 5.41) is 20.6. The molecule has 2 N–H and O–H groups in total. The zero-order chi connectivity index (χ0) is 12.3. The molecule has 0 radical (unpaired) electrons. The molecule has 5 nitrogen and oxygen atoms in total. The number of nitrogens with one attached hydrogen (secondary N) is 1. The van der Waals surface area contributed by atoms with Crippen molar-refractivity contribution in [2.75, 3.05) is 7.05 Å². The number of hydrogen-bond donors (Lipinski definition) is 2. The summed E-state index contributed by atoms with van der Waals surface area (Å²) in [6.45, 7) is 2.10. The van der Waals surface area contributed by atoms with E-state index in [9.17, 15) is 5.11 Å². The Morgan fingerprint density at radius 1 is 1.47 bits per heavy atom. The monoisotopic (exact) mass is 232 g/mol. The predicted octanol–water partition coefficient (Wildman–Crippen LogP) is 1.12. The number of phenols is 1. The van der Waals surface area contributed by atoms with Gasteiger partial charge in [-0.15, -0.1) is 5.10 Å². The molecule has 1 aromatic heterocycles. The molecule has 0 fully saturated rings. The summed E-state index contributed by atoms with van der Waals surface area (Å²) in [6, 6.07) is 7.34. The van der Waals surface area contributed by atoms with E-state index in [1.165, 1.54) is 0 Å². The van der Waals surface area contributed by atoms with E-state index in [0.29, 0.717) is 6.04 Å². The van der Waals surface area contributed by atoms with Crippen molar-refractivity contribution in [2.45, 2.75) is 19.4 Å². The molecule has 2 aromatic rings. The topological polar surface area (TPSA) is 63.0 Å². The van der Waals surface area contributed by atoms with Crippen LogP contribution in [0.5, 0.6) is 5.75 Å². The van der Waals surface area contributed by atoms with Gasteiger partial charge in [0.05, 0.1) is 17.6 Å². The first-order valence-electron chi connectivity index (χ1n) is 5.57. The molecule has 0 bridgehead atoms. The Hall–Kier alpha value is -1.88. The summed E-state index contributed by atoms with van der Waals surface area (Å²) < 4.78 is 1.74. The maximum atomic E-state index is 9.46. The van der Waals surface area contributed by atoms with Crippen molar-refractivity contribution in [1.29, 1.82) is 0 Å². The van der Waals surface area contributed by atoms with Crippen LogP contribution in [-0.2, 0) is 6.42 Å². The molecular weight excluding hydrogens is 216 g/mol. The highest BCUT2D eigenvalue weighted by Gasteiger charge is 2.09. The lowest BCUT2D eigenvalue weighted by Crippen LogP contribution is -2.24. The fourth-order valence-electron chi connectivity index (χ4n) is 1.65. The number of aromatic nitrogens is 3. The number of nitrogens with zero attached hydrogens (tertiary/aromatic N) is 3. The van der Waals surface area contributed by atoms with Gasteiger partial charge in [0.15, 0.2) is 0 Å². The van der Waals surface area contributed by atoms with E-state index in [1.807, 2.05) is 13.1 Å². The van der Waals surface area contributed by atoms with Gasteiger partial charge in [-0.2, -0.15) is 0 Å². The summed E-state index contributed by atoms with van der Waals surface area (Å²) in [7, 11) is 1.92. The van der Waals surface area contributed by atoms with E-state index in [-0.39, 0.29) is 5.75 Å². The van der Waals surface area contributed by atoms with Crippen LogP contribution in [0.1, 0.15) is 12.6 Å². The third-order valence-corrected chi connectivity index (χ3v) is 2.70. The number of aromatic hydroxyl groups is 1. The van der Waals surface area contributed by atoms with Crippen LogP contribution in [0.25, 0.3) is 5.69 Å². The predicted molar refractivity (Wildman–Crippen MR) is 65.2 cm³/mol. The van der Waals surface area contributed by atoms with Gasteiger partial charge in [0.1, 0.15) is 5.75 Å². The van der Waals surface area contributed by atoms with Crippen LogP contribution >= 0.6 is 0 Å². The van der Waals surface area contributed by atoms with Crippen molar-refractivity contribution in [3.63, 3.8) is 0 Å². The average Bonchev–Trinajstić information content (AvgIpc) is 2.77. The fraction of sp³-hybridized carbons (Fsp3) is 0.333. The summed E-state index contributed by atoms with van der Waals surface area (Å²) in [5.74, 6) is 0.227. The summed E-state index contributed by atoms with van der Waals surface area (Å²) >= 11 is 0. The van der Waals surface area contributed by atoms with Gasteiger partial charge in [0.2, 0.25) is 0 Å². The Morgan fingerprint density at radius 3 is 3.00 bits per heavy atom. The number of hydrogen-bond acceptors (Lipinski definition) is 4. The Balaban J connectivity index is 2.30.